The molecule has 0 unspecified atom stereocenters. The molecule has 2 aliphatic heterocycles. The van der Waals surface area contributed by atoms with E-state index in [4.69, 9.17) is 0 Å². The molecule has 0 bridgehead atoms. The summed E-state index contributed by atoms with van der Waals surface area (Å²) >= 11 is 1.87. The lowest BCUT2D eigenvalue weighted by Crippen LogP contribution is -2.50. The van der Waals surface area contributed by atoms with Crippen molar-refractivity contribution in [1.29, 1.82) is 0 Å². The zero-order valence-electron chi connectivity index (χ0n) is 14.6. The highest BCUT2D eigenvalue weighted by Crippen LogP contribution is 2.26. The van der Waals surface area contributed by atoms with Crippen molar-refractivity contribution in [1.82, 2.24) is 24.4 Å². The van der Waals surface area contributed by atoms with E-state index >= 15 is 0 Å². The van der Waals surface area contributed by atoms with Crippen LogP contribution in [0.25, 0.3) is 5.65 Å². The number of fused-ring (bicyclic) bond motifs is 2. The van der Waals surface area contributed by atoms with Gasteiger partial charge < -0.3 is 4.90 Å². The first kappa shape index (κ1) is 15.9. The fraction of sp³-hybridized carbons (Fsp3) is 0.444. The molecule has 5 heterocycles. The maximum atomic E-state index is 12.4. The van der Waals surface area contributed by atoms with E-state index in [1.807, 2.05) is 29.3 Å². The van der Waals surface area contributed by atoms with Crippen LogP contribution < -0.4 is 10.5 Å². The second-order valence-electron chi connectivity index (χ2n) is 7.07. The van der Waals surface area contributed by atoms with E-state index in [9.17, 15) is 4.79 Å². The Morgan fingerprint density at radius 1 is 1.31 bits per heavy atom. The molecule has 7 nitrogen and oxygen atoms in total. The molecule has 0 amide bonds. The van der Waals surface area contributed by atoms with Crippen LogP contribution in [0.3, 0.4) is 0 Å². The lowest BCUT2D eigenvalue weighted by Gasteiger charge is -2.40. The average Bonchev–Trinajstić information content (AvgIpc) is 3.05. The van der Waals surface area contributed by atoms with Gasteiger partial charge in [0.05, 0.1) is 18.4 Å². The first-order valence-electron chi connectivity index (χ1n) is 8.91. The molecule has 3 aromatic heterocycles. The molecule has 0 aliphatic carbocycles. The summed E-state index contributed by atoms with van der Waals surface area (Å²) in [6, 6.07) is 5.77. The van der Waals surface area contributed by atoms with Crippen LogP contribution in [0.2, 0.25) is 0 Å². The number of hydrogen-bond acceptors (Lipinski definition) is 6. The van der Waals surface area contributed by atoms with Gasteiger partial charge in [-0.2, -0.15) is 26.5 Å². The van der Waals surface area contributed by atoms with E-state index in [1.54, 1.807) is 16.9 Å². The summed E-state index contributed by atoms with van der Waals surface area (Å²) in [5.74, 6) is 3.50. The molecule has 0 aromatic carbocycles. The van der Waals surface area contributed by atoms with Crippen LogP contribution in [-0.4, -0.2) is 43.2 Å². The highest BCUT2D eigenvalue weighted by Gasteiger charge is 2.30. The van der Waals surface area contributed by atoms with Crippen LogP contribution in [-0.2, 0) is 18.7 Å². The molecule has 2 aliphatic rings. The Morgan fingerprint density at radius 3 is 3.08 bits per heavy atom. The second-order valence-corrected chi connectivity index (χ2v) is 8.17. The number of aryl methyl sites for hydroxylation is 2. The Morgan fingerprint density at radius 2 is 2.19 bits per heavy atom. The van der Waals surface area contributed by atoms with E-state index in [2.05, 4.69) is 26.1 Å². The zero-order chi connectivity index (χ0) is 17.7. The number of anilines is 1. The minimum Gasteiger partial charge on any atom is -0.356 e. The molecule has 3 aromatic rings. The average molecular weight is 368 g/mol. The Bertz CT molecular complexity index is 1040. The minimum absolute atomic E-state index is 0.0268. The number of thioether (sulfide) groups is 1. The van der Waals surface area contributed by atoms with Crippen molar-refractivity contribution in [2.75, 3.05) is 23.7 Å². The second kappa shape index (κ2) is 6.12. The first-order valence-corrected chi connectivity index (χ1v) is 10.1. The third kappa shape index (κ3) is 2.68. The fourth-order valence-corrected chi connectivity index (χ4v) is 4.70. The van der Waals surface area contributed by atoms with Gasteiger partial charge in [0.2, 0.25) is 0 Å². The Hall–Kier alpha value is -2.35. The summed E-state index contributed by atoms with van der Waals surface area (Å²) in [6.45, 7) is 4.49. The van der Waals surface area contributed by atoms with Gasteiger partial charge in [0.15, 0.2) is 5.65 Å². The van der Waals surface area contributed by atoms with Crippen LogP contribution in [0.15, 0.2) is 29.2 Å². The lowest BCUT2D eigenvalue weighted by molar-refractivity contribution is 0.329. The summed E-state index contributed by atoms with van der Waals surface area (Å²) in [4.78, 5) is 19.1. The van der Waals surface area contributed by atoms with Crippen molar-refractivity contribution in [2.45, 2.75) is 25.6 Å². The molecule has 0 spiro atoms. The van der Waals surface area contributed by atoms with Gasteiger partial charge in [-0.1, -0.05) is 0 Å². The molecular weight excluding hydrogens is 348 g/mol. The topological polar surface area (TPSA) is 68.3 Å². The van der Waals surface area contributed by atoms with Crippen LogP contribution in [0.4, 0.5) is 5.82 Å². The molecule has 5 rings (SSSR count). The van der Waals surface area contributed by atoms with Crippen LogP contribution in [0, 0.1) is 12.8 Å². The summed E-state index contributed by atoms with van der Waals surface area (Å²) in [5.41, 5.74) is 4.10. The molecule has 0 atom stereocenters. The fourth-order valence-electron chi connectivity index (χ4n) is 3.74. The maximum absolute atomic E-state index is 12.4. The van der Waals surface area contributed by atoms with Gasteiger partial charge in [0.25, 0.3) is 5.56 Å². The van der Waals surface area contributed by atoms with E-state index in [1.165, 1.54) is 0 Å². The first-order chi connectivity index (χ1) is 12.7. The molecule has 1 fully saturated rings. The molecule has 0 radical (unpaired) electrons. The van der Waals surface area contributed by atoms with Gasteiger partial charge in [0.1, 0.15) is 5.82 Å². The highest BCUT2D eigenvalue weighted by atomic mass is 32.2. The van der Waals surface area contributed by atoms with Crippen LogP contribution in [0.5, 0.6) is 0 Å². The van der Waals surface area contributed by atoms with Gasteiger partial charge in [-0.25, -0.2) is 9.67 Å². The standard InChI is InChI=1S/C18H20N6OS/c1-12-6-17(24-16(20-12)2-4-19-24)22-8-13(9-22)10-23-18(25)7-14-11-26-5-3-15(14)21-23/h2,4,6-7,13H,3,5,8-11H2,1H3. The highest BCUT2D eigenvalue weighted by molar-refractivity contribution is 7.98. The van der Waals surface area contributed by atoms with E-state index in [0.29, 0.717) is 12.5 Å². The van der Waals surface area contributed by atoms with E-state index < -0.39 is 0 Å². The smallest absolute Gasteiger partial charge is 0.267 e. The van der Waals surface area contributed by atoms with Crippen LogP contribution in [0.1, 0.15) is 17.0 Å². The number of rotatable bonds is 3. The van der Waals surface area contributed by atoms with E-state index in [-0.39, 0.29) is 5.56 Å². The molecule has 26 heavy (non-hydrogen) atoms. The molecular formula is C18H20N6OS. The van der Waals surface area contributed by atoms with E-state index in [0.717, 1.165) is 59.4 Å². The van der Waals surface area contributed by atoms with Gasteiger partial charge >= 0.3 is 0 Å². The predicted molar refractivity (Wildman–Crippen MR) is 102 cm³/mol. The number of hydrogen-bond donors (Lipinski definition) is 0. The maximum Gasteiger partial charge on any atom is 0.267 e. The van der Waals surface area contributed by atoms with Crippen molar-refractivity contribution in [3.05, 3.63) is 51.7 Å². The van der Waals surface area contributed by atoms with Crippen LogP contribution >= 0.6 is 11.8 Å². The number of nitrogens with zero attached hydrogens (tertiary/aromatic N) is 6. The Labute approximate surface area is 155 Å². The summed E-state index contributed by atoms with van der Waals surface area (Å²) in [6.07, 6.45) is 2.74. The third-order valence-electron chi connectivity index (χ3n) is 5.09. The van der Waals surface area contributed by atoms with Gasteiger partial charge in [0, 0.05) is 55.1 Å². The quantitative estimate of drug-likeness (QED) is 0.698. The summed E-state index contributed by atoms with van der Waals surface area (Å²) < 4.78 is 3.54. The molecule has 134 valence electrons. The van der Waals surface area contributed by atoms with Gasteiger partial charge in [-0.05, 0) is 18.2 Å². The van der Waals surface area contributed by atoms with Crippen molar-refractivity contribution in [3.63, 3.8) is 0 Å². The molecule has 0 N–H and O–H groups in total. The van der Waals surface area contributed by atoms with Crippen molar-refractivity contribution < 1.29 is 0 Å². The van der Waals surface area contributed by atoms with Gasteiger partial charge in [-0.15, -0.1) is 0 Å². The number of aromatic nitrogens is 5. The normalized spacial score (nSPS) is 17.3. The zero-order valence-corrected chi connectivity index (χ0v) is 15.4. The third-order valence-corrected chi connectivity index (χ3v) is 6.09. The largest absolute Gasteiger partial charge is 0.356 e. The van der Waals surface area contributed by atoms with Gasteiger partial charge in [-0.3, -0.25) is 4.79 Å². The summed E-state index contributed by atoms with van der Waals surface area (Å²) in [7, 11) is 0. The van der Waals surface area contributed by atoms with Crippen molar-refractivity contribution in [2.24, 2.45) is 5.92 Å². The molecule has 0 saturated carbocycles. The Balaban J connectivity index is 1.33. The SMILES string of the molecule is Cc1cc(N2CC(Cn3nc4c(cc3=O)CSCC4)C2)n2nccc2n1. The monoisotopic (exact) mass is 368 g/mol. The Kier molecular flexibility index (Phi) is 3.74. The molecule has 1 saturated heterocycles. The van der Waals surface area contributed by atoms with Crippen molar-refractivity contribution >= 4 is 23.2 Å². The minimum atomic E-state index is 0.0268. The van der Waals surface area contributed by atoms with Crippen molar-refractivity contribution in [3.8, 4) is 0 Å². The summed E-state index contributed by atoms with van der Waals surface area (Å²) in [5, 5.41) is 9.01. The molecule has 8 heteroatoms. The lowest BCUT2D eigenvalue weighted by atomic mass is 10.00. The predicted octanol–water partition coefficient (Wildman–Crippen LogP) is 1.52.